The Labute approximate surface area is 191 Å². The topological polar surface area (TPSA) is 88.8 Å². The molecule has 1 heterocycles. The van der Waals surface area contributed by atoms with Gasteiger partial charge in [-0.1, -0.05) is 18.2 Å². The van der Waals surface area contributed by atoms with Crippen LogP contribution in [-0.4, -0.2) is 23.2 Å². The number of alkyl carbamates (subject to hydrolysis) is 1. The first kappa shape index (κ1) is 22.9. The Morgan fingerprint density at radius 3 is 2.41 bits per heavy atom. The molecule has 0 spiro atoms. The minimum atomic E-state index is -1.28. The van der Waals surface area contributed by atoms with Crippen LogP contribution in [0.15, 0.2) is 71.1 Å². The predicted molar refractivity (Wildman–Crippen MR) is 116 cm³/mol. The quantitative estimate of drug-likeness (QED) is 0.376. The Bertz CT molecular complexity index is 1350. The summed E-state index contributed by atoms with van der Waals surface area (Å²) in [4.78, 5) is 23.6. The normalized spacial score (nSPS) is 11.9. The van der Waals surface area contributed by atoms with E-state index in [2.05, 4.69) is 5.32 Å². The molecule has 0 unspecified atom stereocenters. The summed E-state index contributed by atoms with van der Waals surface area (Å²) in [6.07, 6.45) is -1.04. The van der Waals surface area contributed by atoms with Gasteiger partial charge >= 0.3 is 12.1 Å². The summed E-state index contributed by atoms with van der Waals surface area (Å²) < 4.78 is 51.3. The molecule has 1 aromatic heterocycles. The third-order valence-electron chi connectivity index (χ3n) is 5.10. The Kier molecular flexibility index (Phi) is 6.53. The highest BCUT2D eigenvalue weighted by Gasteiger charge is 2.21. The number of fused-ring (bicyclic) bond motifs is 1. The van der Waals surface area contributed by atoms with E-state index in [-0.39, 0.29) is 24.4 Å². The van der Waals surface area contributed by atoms with E-state index in [1.54, 1.807) is 24.3 Å². The van der Waals surface area contributed by atoms with Gasteiger partial charge in [-0.25, -0.2) is 22.8 Å². The number of carbonyl (C=O) groups is 2. The second-order valence-corrected chi connectivity index (χ2v) is 7.53. The van der Waals surface area contributed by atoms with Crippen molar-refractivity contribution in [3.05, 3.63) is 95.5 Å². The fraction of sp³-hybridized carbons (Fsp3) is 0.120. The molecule has 174 valence electrons. The molecule has 2 N–H and O–H groups in total. The third-order valence-corrected chi connectivity index (χ3v) is 5.10. The first-order chi connectivity index (χ1) is 16.3. The van der Waals surface area contributed by atoms with Crippen molar-refractivity contribution < 1.29 is 37.0 Å². The molecule has 0 bridgehead atoms. The Hall–Kier alpha value is -4.27. The van der Waals surface area contributed by atoms with E-state index < -0.39 is 35.6 Å². The zero-order valence-electron chi connectivity index (χ0n) is 17.6. The van der Waals surface area contributed by atoms with E-state index >= 15 is 0 Å². The van der Waals surface area contributed by atoms with Crippen molar-refractivity contribution in [1.29, 1.82) is 0 Å². The van der Waals surface area contributed by atoms with Crippen LogP contribution in [0.4, 0.5) is 18.0 Å². The average molecular weight is 469 g/mol. The zero-order valence-corrected chi connectivity index (χ0v) is 17.6. The van der Waals surface area contributed by atoms with Gasteiger partial charge in [0.2, 0.25) is 0 Å². The molecular weight excluding hydrogens is 451 g/mol. The maximum atomic E-state index is 14.1. The highest BCUT2D eigenvalue weighted by Crippen LogP contribution is 2.29. The monoisotopic (exact) mass is 469 g/mol. The molecule has 6 nitrogen and oxygen atoms in total. The fourth-order valence-corrected chi connectivity index (χ4v) is 3.43. The number of rotatable bonds is 7. The number of carboxylic acid groups (broad SMARTS) is 1. The van der Waals surface area contributed by atoms with Crippen LogP contribution < -0.4 is 5.32 Å². The lowest BCUT2D eigenvalue weighted by Crippen LogP contribution is -2.42. The molecule has 0 aliphatic carbocycles. The number of benzene rings is 3. The summed E-state index contributed by atoms with van der Waals surface area (Å²) in [6, 6.07) is 13.5. The summed E-state index contributed by atoms with van der Waals surface area (Å²) in [6.45, 7) is -0.285. The van der Waals surface area contributed by atoms with Gasteiger partial charge in [-0.2, -0.15) is 0 Å². The van der Waals surface area contributed by atoms with Gasteiger partial charge in [0.05, 0.1) is 0 Å². The Balaban J connectivity index is 1.41. The van der Waals surface area contributed by atoms with Crippen LogP contribution in [0, 0.1) is 17.5 Å². The van der Waals surface area contributed by atoms with Crippen molar-refractivity contribution >= 4 is 23.0 Å². The number of hydrogen-bond donors (Lipinski definition) is 2. The molecule has 0 fully saturated rings. The number of halogens is 3. The standard InChI is InChI=1S/C25H18F3NO5/c26-17-4-1-14(2-5-17)9-22(24(30)31)29-25(32)33-13-19-11-16-10-15(3-8-23(16)34-19)20-12-18(27)6-7-21(20)28/h1-8,10-12,22H,9,13H2,(H,29,32)(H,30,31)/t22-/m1/s1. The molecule has 9 heteroatoms. The lowest BCUT2D eigenvalue weighted by atomic mass is 10.0. The lowest BCUT2D eigenvalue weighted by molar-refractivity contribution is -0.139. The largest absolute Gasteiger partial charge is 0.480 e. The number of hydrogen-bond acceptors (Lipinski definition) is 4. The van der Waals surface area contributed by atoms with Crippen LogP contribution in [0.3, 0.4) is 0 Å². The van der Waals surface area contributed by atoms with Crippen LogP contribution in [0.1, 0.15) is 11.3 Å². The Morgan fingerprint density at radius 2 is 1.68 bits per heavy atom. The number of carboxylic acids is 1. The van der Waals surface area contributed by atoms with E-state index in [4.69, 9.17) is 9.15 Å². The number of ether oxygens (including phenoxy) is 1. The van der Waals surface area contributed by atoms with E-state index in [1.807, 2.05) is 0 Å². The van der Waals surface area contributed by atoms with Crippen molar-refractivity contribution in [1.82, 2.24) is 5.32 Å². The van der Waals surface area contributed by atoms with Gasteiger partial charge in [0.25, 0.3) is 0 Å². The predicted octanol–water partition coefficient (Wildman–Crippen LogP) is 5.44. The number of carbonyl (C=O) groups excluding carboxylic acids is 1. The first-order valence-corrected chi connectivity index (χ1v) is 10.2. The first-order valence-electron chi connectivity index (χ1n) is 10.2. The van der Waals surface area contributed by atoms with Crippen LogP contribution in [0.25, 0.3) is 22.1 Å². The highest BCUT2D eigenvalue weighted by atomic mass is 19.1. The fourth-order valence-electron chi connectivity index (χ4n) is 3.43. The van der Waals surface area contributed by atoms with Gasteiger partial charge in [0, 0.05) is 17.4 Å². The zero-order chi connectivity index (χ0) is 24.2. The van der Waals surface area contributed by atoms with Crippen molar-refractivity contribution in [2.75, 3.05) is 0 Å². The third kappa shape index (κ3) is 5.37. The van der Waals surface area contributed by atoms with Crippen molar-refractivity contribution in [3.8, 4) is 11.1 Å². The number of aliphatic carboxylic acids is 1. The minimum Gasteiger partial charge on any atom is -0.480 e. The maximum absolute atomic E-state index is 14.1. The van der Waals surface area contributed by atoms with Crippen LogP contribution in [0.2, 0.25) is 0 Å². The van der Waals surface area contributed by atoms with Gasteiger partial charge in [-0.3, -0.25) is 0 Å². The van der Waals surface area contributed by atoms with E-state index in [0.717, 1.165) is 18.2 Å². The summed E-state index contributed by atoms with van der Waals surface area (Å²) >= 11 is 0. The molecule has 4 rings (SSSR count). The van der Waals surface area contributed by atoms with Gasteiger partial charge in [0.1, 0.15) is 34.8 Å². The van der Waals surface area contributed by atoms with Gasteiger partial charge in [-0.05, 0) is 59.7 Å². The van der Waals surface area contributed by atoms with Crippen LogP contribution >= 0.6 is 0 Å². The molecule has 1 atom stereocenters. The van der Waals surface area contributed by atoms with Crippen LogP contribution in [0.5, 0.6) is 0 Å². The summed E-state index contributed by atoms with van der Waals surface area (Å²) in [5, 5.41) is 12.2. The minimum absolute atomic E-state index is 0.0607. The SMILES string of the molecule is O=C(N[C@H](Cc1ccc(F)cc1)C(=O)O)OCc1cc2cc(-c3cc(F)ccc3F)ccc2o1. The van der Waals surface area contributed by atoms with E-state index in [9.17, 15) is 27.9 Å². The molecule has 0 saturated carbocycles. The average Bonchev–Trinajstić information content (AvgIpc) is 3.22. The van der Waals surface area contributed by atoms with Crippen molar-refractivity contribution in [2.24, 2.45) is 0 Å². The second kappa shape index (κ2) is 9.70. The summed E-state index contributed by atoms with van der Waals surface area (Å²) in [5.74, 6) is -2.60. The maximum Gasteiger partial charge on any atom is 0.408 e. The molecule has 4 aromatic rings. The number of furan rings is 1. The molecule has 34 heavy (non-hydrogen) atoms. The van der Waals surface area contributed by atoms with Gasteiger partial charge < -0.3 is 19.6 Å². The highest BCUT2D eigenvalue weighted by molar-refractivity contribution is 5.84. The molecule has 1 amide bonds. The van der Waals surface area contributed by atoms with Gasteiger partial charge in [0.15, 0.2) is 6.61 Å². The molecule has 0 radical (unpaired) electrons. The van der Waals surface area contributed by atoms with E-state index in [0.29, 0.717) is 22.1 Å². The number of amides is 1. The van der Waals surface area contributed by atoms with Crippen LogP contribution in [-0.2, 0) is 22.6 Å². The molecule has 0 saturated heterocycles. The van der Waals surface area contributed by atoms with Gasteiger partial charge in [-0.15, -0.1) is 0 Å². The molecule has 0 aliphatic heterocycles. The molecule has 0 aliphatic rings. The molecular formula is C25H18F3NO5. The Morgan fingerprint density at radius 1 is 0.941 bits per heavy atom. The summed E-state index contributed by atoms with van der Waals surface area (Å²) in [7, 11) is 0. The molecule has 3 aromatic carbocycles. The van der Waals surface area contributed by atoms with Crippen molar-refractivity contribution in [2.45, 2.75) is 19.1 Å². The lowest BCUT2D eigenvalue weighted by Gasteiger charge is -2.14. The van der Waals surface area contributed by atoms with E-state index in [1.165, 1.54) is 24.3 Å². The van der Waals surface area contributed by atoms with Crippen molar-refractivity contribution in [3.63, 3.8) is 0 Å². The smallest absolute Gasteiger partial charge is 0.408 e. The summed E-state index contributed by atoms with van der Waals surface area (Å²) in [5.41, 5.74) is 1.51. The number of nitrogens with one attached hydrogen (secondary N) is 1. The second-order valence-electron chi connectivity index (χ2n) is 7.53.